The number of hydrogen-bond donors (Lipinski definition) is 1. The van der Waals surface area contributed by atoms with Gasteiger partial charge < -0.3 is 5.32 Å². The van der Waals surface area contributed by atoms with Crippen LogP contribution in [-0.2, 0) is 0 Å². The highest BCUT2D eigenvalue weighted by atomic mass is 35.5. The molecular weight excluding hydrogens is 304 g/mol. The summed E-state index contributed by atoms with van der Waals surface area (Å²) in [5.74, 6) is -0.758. The second-order valence-corrected chi connectivity index (χ2v) is 6.32. The number of allylic oxidation sites excluding steroid dienone is 2. The summed E-state index contributed by atoms with van der Waals surface area (Å²) in [7, 11) is 0. The summed E-state index contributed by atoms with van der Waals surface area (Å²) < 4.78 is 27.8. The van der Waals surface area contributed by atoms with Crippen LogP contribution in [0.15, 0.2) is 48.6 Å². The fraction of sp³-hybridized carbons (Fsp3) is 0.222. The third kappa shape index (κ3) is 2.12. The van der Waals surface area contributed by atoms with Crippen LogP contribution in [0.2, 0.25) is 5.02 Å². The minimum atomic E-state index is -0.535. The van der Waals surface area contributed by atoms with Crippen LogP contribution in [0.3, 0.4) is 0 Å². The summed E-state index contributed by atoms with van der Waals surface area (Å²) >= 11 is 5.95. The molecule has 0 unspecified atom stereocenters. The Morgan fingerprint density at radius 3 is 2.64 bits per heavy atom. The first-order valence-corrected chi connectivity index (χ1v) is 7.69. The lowest BCUT2D eigenvalue weighted by atomic mass is 9.77. The summed E-state index contributed by atoms with van der Waals surface area (Å²) in [6.45, 7) is 0. The average molecular weight is 318 g/mol. The SMILES string of the molecule is Fc1cc(F)c2c(c1)[C@@H]1C=CC[C@@H]1[C@@H](c1ccc(Cl)cc1)N2. The number of nitrogens with one attached hydrogen (secondary N) is 1. The average Bonchev–Trinajstić information content (AvgIpc) is 2.97. The largest absolute Gasteiger partial charge is 0.375 e. The number of hydrogen-bond acceptors (Lipinski definition) is 1. The fourth-order valence-electron chi connectivity index (χ4n) is 3.62. The second-order valence-electron chi connectivity index (χ2n) is 5.88. The molecule has 22 heavy (non-hydrogen) atoms. The highest BCUT2D eigenvalue weighted by Crippen LogP contribution is 2.50. The summed E-state index contributed by atoms with van der Waals surface area (Å²) in [5.41, 5.74) is 2.19. The van der Waals surface area contributed by atoms with Crippen molar-refractivity contribution in [3.8, 4) is 0 Å². The molecule has 4 rings (SSSR count). The molecule has 0 spiro atoms. The van der Waals surface area contributed by atoms with Gasteiger partial charge in [-0.1, -0.05) is 35.9 Å². The van der Waals surface area contributed by atoms with E-state index in [0.29, 0.717) is 16.3 Å². The number of rotatable bonds is 1. The van der Waals surface area contributed by atoms with Crippen molar-refractivity contribution in [2.24, 2.45) is 5.92 Å². The Hall–Kier alpha value is -1.87. The van der Waals surface area contributed by atoms with Crippen molar-refractivity contribution < 1.29 is 8.78 Å². The van der Waals surface area contributed by atoms with Crippen molar-refractivity contribution >= 4 is 17.3 Å². The van der Waals surface area contributed by atoms with E-state index in [9.17, 15) is 8.78 Å². The van der Waals surface area contributed by atoms with Gasteiger partial charge in [0.25, 0.3) is 0 Å². The maximum absolute atomic E-state index is 14.2. The zero-order chi connectivity index (χ0) is 15.3. The van der Waals surface area contributed by atoms with Gasteiger partial charge in [-0.15, -0.1) is 0 Å². The maximum Gasteiger partial charge on any atom is 0.149 e. The van der Waals surface area contributed by atoms with Gasteiger partial charge in [0.1, 0.15) is 11.6 Å². The van der Waals surface area contributed by atoms with Crippen LogP contribution >= 0.6 is 11.6 Å². The monoisotopic (exact) mass is 317 g/mol. The summed E-state index contributed by atoms with van der Waals surface area (Å²) in [6.07, 6.45) is 5.05. The molecule has 2 aromatic carbocycles. The van der Waals surface area contributed by atoms with Crippen molar-refractivity contribution in [3.05, 3.63) is 76.3 Å². The van der Waals surface area contributed by atoms with E-state index in [-0.39, 0.29) is 17.9 Å². The molecule has 0 aromatic heterocycles. The normalized spacial score (nSPS) is 25.5. The van der Waals surface area contributed by atoms with Gasteiger partial charge in [0.2, 0.25) is 0 Å². The van der Waals surface area contributed by atoms with Crippen LogP contribution in [0.1, 0.15) is 29.5 Å². The molecule has 0 bridgehead atoms. The van der Waals surface area contributed by atoms with Crippen molar-refractivity contribution in [1.29, 1.82) is 0 Å². The van der Waals surface area contributed by atoms with Gasteiger partial charge in [-0.2, -0.15) is 0 Å². The molecule has 4 heteroatoms. The van der Waals surface area contributed by atoms with Crippen LogP contribution in [0, 0.1) is 17.6 Å². The van der Waals surface area contributed by atoms with Crippen molar-refractivity contribution in [2.45, 2.75) is 18.4 Å². The minimum Gasteiger partial charge on any atom is -0.375 e. The molecule has 0 radical (unpaired) electrons. The van der Waals surface area contributed by atoms with Gasteiger partial charge >= 0.3 is 0 Å². The van der Waals surface area contributed by atoms with Gasteiger partial charge in [0.05, 0.1) is 11.7 Å². The Morgan fingerprint density at radius 2 is 1.86 bits per heavy atom. The summed E-state index contributed by atoms with van der Waals surface area (Å²) in [4.78, 5) is 0. The standard InChI is InChI=1S/C18H14ClF2N/c19-11-6-4-10(5-7-11)17-14-3-1-2-13(14)15-8-12(20)9-16(21)18(15)22-17/h1-2,4-9,13-14,17,22H,3H2/t13-,14+,17-/m1/s1. The van der Waals surface area contributed by atoms with E-state index in [0.717, 1.165) is 18.1 Å². The smallest absolute Gasteiger partial charge is 0.149 e. The van der Waals surface area contributed by atoms with Gasteiger partial charge in [0.15, 0.2) is 0 Å². The fourth-order valence-corrected chi connectivity index (χ4v) is 3.75. The molecule has 1 aliphatic carbocycles. The molecule has 1 N–H and O–H groups in total. The van der Waals surface area contributed by atoms with E-state index in [4.69, 9.17) is 11.6 Å². The van der Waals surface area contributed by atoms with E-state index >= 15 is 0 Å². The lowest BCUT2D eigenvalue weighted by Gasteiger charge is -2.37. The van der Waals surface area contributed by atoms with Gasteiger partial charge in [-0.05, 0) is 41.7 Å². The van der Waals surface area contributed by atoms with E-state index < -0.39 is 11.6 Å². The van der Waals surface area contributed by atoms with Gasteiger partial charge in [-0.3, -0.25) is 0 Å². The molecule has 1 aliphatic heterocycles. The maximum atomic E-state index is 14.2. The summed E-state index contributed by atoms with van der Waals surface area (Å²) in [6, 6.07) is 9.97. The molecule has 2 aromatic rings. The quantitative estimate of drug-likeness (QED) is 0.690. The zero-order valence-corrected chi connectivity index (χ0v) is 12.4. The molecule has 0 saturated carbocycles. The molecule has 112 valence electrons. The Kier molecular flexibility index (Phi) is 3.19. The molecule has 0 fully saturated rings. The Labute approximate surface area is 132 Å². The lowest BCUT2D eigenvalue weighted by molar-refractivity contribution is 0.418. The number of fused-ring (bicyclic) bond motifs is 3. The number of halogens is 3. The van der Waals surface area contributed by atoms with Crippen molar-refractivity contribution in [3.63, 3.8) is 0 Å². The zero-order valence-electron chi connectivity index (χ0n) is 11.7. The molecule has 1 nitrogen and oxygen atoms in total. The number of anilines is 1. The number of benzene rings is 2. The Bertz CT molecular complexity index is 754. The highest BCUT2D eigenvalue weighted by molar-refractivity contribution is 6.30. The molecule has 1 heterocycles. The van der Waals surface area contributed by atoms with E-state index in [1.165, 1.54) is 6.07 Å². The van der Waals surface area contributed by atoms with Crippen molar-refractivity contribution in [2.75, 3.05) is 5.32 Å². The summed E-state index contributed by atoms with van der Waals surface area (Å²) in [5, 5.41) is 3.95. The van der Waals surface area contributed by atoms with E-state index in [1.807, 2.05) is 24.3 Å². The van der Waals surface area contributed by atoms with E-state index in [1.54, 1.807) is 0 Å². The predicted molar refractivity (Wildman–Crippen MR) is 84.2 cm³/mol. The molecular formula is C18H14ClF2N. The molecule has 2 aliphatic rings. The highest BCUT2D eigenvalue weighted by Gasteiger charge is 2.39. The first-order valence-electron chi connectivity index (χ1n) is 7.31. The first-order chi connectivity index (χ1) is 10.6. The Morgan fingerprint density at radius 1 is 1.09 bits per heavy atom. The van der Waals surface area contributed by atoms with Gasteiger partial charge in [0, 0.05) is 17.0 Å². The van der Waals surface area contributed by atoms with Gasteiger partial charge in [-0.25, -0.2) is 8.78 Å². The third-order valence-electron chi connectivity index (χ3n) is 4.61. The predicted octanol–water partition coefficient (Wildman–Crippen LogP) is 5.44. The van der Waals surface area contributed by atoms with Crippen LogP contribution < -0.4 is 5.32 Å². The first kappa shape index (κ1) is 13.8. The van der Waals surface area contributed by atoms with Crippen LogP contribution in [0.25, 0.3) is 0 Å². The van der Waals surface area contributed by atoms with Crippen LogP contribution in [-0.4, -0.2) is 0 Å². The van der Waals surface area contributed by atoms with Crippen LogP contribution in [0.5, 0.6) is 0 Å². The third-order valence-corrected chi connectivity index (χ3v) is 4.87. The lowest BCUT2D eigenvalue weighted by Crippen LogP contribution is -2.29. The molecule has 0 amide bonds. The van der Waals surface area contributed by atoms with Crippen LogP contribution in [0.4, 0.5) is 14.5 Å². The van der Waals surface area contributed by atoms with E-state index in [2.05, 4.69) is 17.5 Å². The minimum absolute atomic E-state index is 0.00951. The Balaban J connectivity index is 1.82. The molecule has 3 atom stereocenters. The topological polar surface area (TPSA) is 12.0 Å². The second kappa shape index (κ2) is 5.10. The molecule has 0 saturated heterocycles. The van der Waals surface area contributed by atoms with Crippen molar-refractivity contribution in [1.82, 2.24) is 0 Å².